The van der Waals surface area contributed by atoms with Gasteiger partial charge in [0.15, 0.2) is 0 Å². The van der Waals surface area contributed by atoms with Gasteiger partial charge >= 0.3 is 12.0 Å². The van der Waals surface area contributed by atoms with Crippen LogP contribution in [0.2, 0.25) is 0 Å². The van der Waals surface area contributed by atoms with Crippen molar-refractivity contribution in [2.75, 3.05) is 19.7 Å². The Morgan fingerprint density at radius 2 is 2.00 bits per heavy atom. The van der Waals surface area contributed by atoms with Crippen molar-refractivity contribution in [1.29, 1.82) is 0 Å². The molecule has 21 heavy (non-hydrogen) atoms. The van der Waals surface area contributed by atoms with Crippen LogP contribution in [0, 0.1) is 5.41 Å². The van der Waals surface area contributed by atoms with E-state index >= 15 is 0 Å². The van der Waals surface area contributed by atoms with Crippen LogP contribution in [0.5, 0.6) is 0 Å². The van der Waals surface area contributed by atoms with Crippen LogP contribution in [0.4, 0.5) is 4.79 Å². The van der Waals surface area contributed by atoms with Crippen molar-refractivity contribution in [3.8, 4) is 0 Å². The molecule has 1 rings (SSSR count). The molecule has 0 bridgehead atoms. The summed E-state index contributed by atoms with van der Waals surface area (Å²) in [5.41, 5.74) is -0.107. The molecular formula is C15H28N2O4. The largest absolute Gasteiger partial charge is 0.481 e. The predicted octanol–water partition coefficient (Wildman–Crippen LogP) is 1.82. The molecule has 1 unspecified atom stereocenters. The van der Waals surface area contributed by atoms with Gasteiger partial charge in [0, 0.05) is 19.5 Å². The first kappa shape index (κ1) is 17.8. The topological polar surface area (TPSA) is 89.9 Å². The summed E-state index contributed by atoms with van der Waals surface area (Å²) in [4.78, 5) is 24.4. The summed E-state index contributed by atoms with van der Waals surface area (Å²) in [5, 5.41) is 20.9. The summed E-state index contributed by atoms with van der Waals surface area (Å²) < 4.78 is 0. The van der Waals surface area contributed by atoms with Crippen molar-refractivity contribution in [3.05, 3.63) is 0 Å². The third kappa shape index (κ3) is 6.33. The number of aliphatic hydroxyl groups is 1. The quantitative estimate of drug-likeness (QED) is 0.669. The number of rotatable bonds is 7. The van der Waals surface area contributed by atoms with Crippen LogP contribution in [0.1, 0.15) is 52.4 Å². The SMILES string of the molecule is CC(C)(CCNC(=O)N1CCCCC1CO)CCC(=O)O. The second-order valence-electron chi connectivity index (χ2n) is 6.57. The van der Waals surface area contributed by atoms with E-state index in [2.05, 4.69) is 5.32 Å². The average Bonchev–Trinajstić information content (AvgIpc) is 2.45. The summed E-state index contributed by atoms with van der Waals surface area (Å²) in [7, 11) is 0. The highest BCUT2D eigenvalue weighted by Crippen LogP contribution is 2.26. The first-order valence-electron chi connectivity index (χ1n) is 7.73. The van der Waals surface area contributed by atoms with E-state index in [0.717, 1.165) is 25.7 Å². The summed E-state index contributed by atoms with van der Waals surface area (Å²) in [6.45, 7) is 5.26. The van der Waals surface area contributed by atoms with Crippen LogP contribution in [0.15, 0.2) is 0 Å². The third-order valence-electron chi connectivity index (χ3n) is 4.19. The fourth-order valence-corrected chi connectivity index (χ4v) is 2.64. The Morgan fingerprint density at radius 3 is 2.62 bits per heavy atom. The van der Waals surface area contributed by atoms with Gasteiger partial charge in [-0.2, -0.15) is 0 Å². The van der Waals surface area contributed by atoms with E-state index in [4.69, 9.17) is 5.11 Å². The second kappa shape index (κ2) is 8.22. The summed E-state index contributed by atoms with van der Waals surface area (Å²) in [5.74, 6) is -0.786. The molecule has 1 aliphatic heterocycles. The van der Waals surface area contributed by atoms with E-state index in [9.17, 15) is 14.7 Å². The van der Waals surface area contributed by atoms with E-state index in [1.54, 1.807) is 4.90 Å². The van der Waals surface area contributed by atoms with E-state index in [1.165, 1.54) is 0 Å². The first-order chi connectivity index (χ1) is 9.85. The molecule has 0 aromatic carbocycles. The van der Waals surface area contributed by atoms with Gasteiger partial charge in [0.1, 0.15) is 0 Å². The Bertz CT molecular complexity index is 358. The highest BCUT2D eigenvalue weighted by atomic mass is 16.4. The molecule has 1 heterocycles. The van der Waals surface area contributed by atoms with E-state index in [-0.39, 0.29) is 30.5 Å². The normalized spacial score (nSPS) is 19.4. The van der Waals surface area contributed by atoms with E-state index in [1.807, 2.05) is 13.8 Å². The molecule has 0 aromatic heterocycles. The maximum atomic E-state index is 12.1. The van der Waals surface area contributed by atoms with Gasteiger partial charge in [0.2, 0.25) is 0 Å². The van der Waals surface area contributed by atoms with Crippen LogP contribution < -0.4 is 5.32 Å². The monoisotopic (exact) mass is 300 g/mol. The molecule has 6 heteroatoms. The van der Waals surface area contributed by atoms with E-state index < -0.39 is 5.97 Å². The Kier molecular flexibility index (Phi) is 6.95. The molecule has 1 saturated heterocycles. The van der Waals surface area contributed by atoms with Gasteiger partial charge in [0.25, 0.3) is 0 Å². The molecule has 122 valence electrons. The Balaban J connectivity index is 2.33. The molecule has 2 amide bonds. The summed E-state index contributed by atoms with van der Waals surface area (Å²) in [6.07, 6.45) is 4.38. The lowest BCUT2D eigenvalue weighted by atomic mass is 9.84. The van der Waals surface area contributed by atoms with Gasteiger partial charge in [-0.1, -0.05) is 13.8 Å². The molecule has 0 radical (unpaired) electrons. The fraction of sp³-hybridized carbons (Fsp3) is 0.867. The number of carboxylic acid groups (broad SMARTS) is 1. The molecule has 0 aromatic rings. The number of urea groups is 1. The Morgan fingerprint density at radius 1 is 1.29 bits per heavy atom. The van der Waals surface area contributed by atoms with Gasteiger partial charge < -0.3 is 20.4 Å². The van der Waals surface area contributed by atoms with Crippen LogP contribution >= 0.6 is 0 Å². The zero-order chi connectivity index (χ0) is 15.9. The number of aliphatic carboxylic acids is 1. The molecule has 0 saturated carbocycles. The van der Waals surface area contributed by atoms with Crippen molar-refractivity contribution in [3.63, 3.8) is 0 Å². The molecular weight excluding hydrogens is 272 g/mol. The second-order valence-corrected chi connectivity index (χ2v) is 6.57. The molecule has 1 atom stereocenters. The van der Waals surface area contributed by atoms with Crippen LogP contribution in [0.3, 0.4) is 0 Å². The Hall–Kier alpha value is -1.30. The number of hydrogen-bond acceptors (Lipinski definition) is 3. The van der Waals surface area contributed by atoms with Crippen molar-refractivity contribution in [2.45, 2.75) is 58.4 Å². The number of hydrogen-bond donors (Lipinski definition) is 3. The minimum absolute atomic E-state index is 0.0114. The van der Waals surface area contributed by atoms with Crippen molar-refractivity contribution in [1.82, 2.24) is 10.2 Å². The molecule has 0 aliphatic carbocycles. The van der Waals surface area contributed by atoms with Crippen LogP contribution in [0.25, 0.3) is 0 Å². The Labute approximate surface area is 126 Å². The maximum absolute atomic E-state index is 12.1. The number of amides is 2. The number of aliphatic hydroxyl groups excluding tert-OH is 1. The predicted molar refractivity (Wildman–Crippen MR) is 80.1 cm³/mol. The number of nitrogens with one attached hydrogen (secondary N) is 1. The lowest BCUT2D eigenvalue weighted by Crippen LogP contribution is -2.50. The number of carbonyl (C=O) groups is 2. The lowest BCUT2D eigenvalue weighted by molar-refractivity contribution is -0.137. The third-order valence-corrected chi connectivity index (χ3v) is 4.19. The number of carboxylic acids is 1. The minimum Gasteiger partial charge on any atom is -0.481 e. The highest BCUT2D eigenvalue weighted by Gasteiger charge is 2.26. The van der Waals surface area contributed by atoms with Gasteiger partial charge in [-0.05, 0) is 37.5 Å². The number of carbonyl (C=O) groups excluding carboxylic acids is 1. The zero-order valence-electron chi connectivity index (χ0n) is 13.1. The van der Waals surface area contributed by atoms with Crippen molar-refractivity contribution >= 4 is 12.0 Å². The molecule has 3 N–H and O–H groups in total. The standard InChI is InChI=1S/C15H28N2O4/c1-15(2,7-6-13(19)20)8-9-16-14(21)17-10-4-3-5-12(17)11-18/h12,18H,3-11H2,1-2H3,(H,16,21)(H,19,20). The number of likely N-dealkylation sites (tertiary alicyclic amines) is 1. The highest BCUT2D eigenvalue weighted by molar-refractivity contribution is 5.74. The lowest BCUT2D eigenvalue weighted by Gasteiger charge is -2.35. The molecule has 1 fully saturated rings. The van der Waals surface area contributed by atoms with Crippen LogP contribution in [-0.2, 0) is 4.79 Å². The molecule has 6 nitrogen and oxygen atoms in total. The fourth-order valence-electron chi connectivity index (χ4n) is 2.64. The number of piperidine rings is 1. The van der Waals surface area contributed by atoms with E-state index in [0.29, 0.717) is 19.5 Å². The van der Waals surface area contributed by atoms with Crippen molar-refractivity contribution in [2.24, 2.45) is 5.41 Å². The number of nitrogens with zero attached hydrogens (tertiary/aromatic N) is 1. The van der Waals surface area contributed by atoms with Crippen molar-refractivity contribution < 1.29 is 19.8 Å². The van der Waals surface area contributed by atoms with Crippen LogP contribution in [-0.4, -0.2) is 52.9 Å². The van der Waals surface area contributed by atoms with Gasteiger partial charge in [-0.3, -0.25) is 4.79 Å². The summed E-state index contributed by atoms with van der Waals surface area (Å²) >= 11 is 0. The average molecular weight is 300 g/mol. The summed E-state index contributed by atoms with van der Waals surface area (Å²) in [6, 6.07) is -0.193. The zero-order valence-corrected chi connectivity index (χ0v) is 13.1. The smallest absolute Gasteiger partial charge is 0.317 e. The van der Waals surface area contributed by atoms with Gasteiger partial charge in [-0.25, -0.2) is 4.79 Å². The molecule has 1 aliphatic rings. The maximum Gasteiger partial charge on any atom is 0.317 e. The molecule has 0 spiro atoms. The van der Waals surface area contributed by atoms with Gasteiger partial charge in [0.05, 0.1) is 12.6 Å². The van der Waals surface area contributed by atoms with Gasteiger partial charge in [-0.15, -0.1) is 0 Å². The first-order valence-corrected chi connectivity index (χ1v) is 7.73. The minimum atomic E-state index is -0.786.